The zero-order chi connectivity index (χ0) is 13.4. The minimum absolute atomic E-state index is 0.164. The van der Waals surface area contributed by atoms with Gasteiger partial charge in [0, 0.05) is 33.4 Å². The maximum absolute atomic E-state index is 12.3. The van der Waals surface area contributed by atoms with Gasteiger partial charge in [0.2, 0.25) is 10.0 Å². The first kappa shape index (κ1) is 15.1. The van der Waals surface area contributed by atoms with E-state index in [2.05, 4.69) is 6.07 Å². The molecule has 0 bridgehead atoms. The first-order chi connectivity index (χ1) is 8.62. The lowest BCUT2D eigenvalue weighted by molar-refractivity contribution is 0.150. The fraction of sp³-hybridized carbons (Fsp3) is 0.500. The molecule has 0 saturated carbocycles. The van der Waals surface area contributed by atoms with Crippen molar-refractivity contribution in [3.05, 3.63) is 30.3 Å². The zero-order valence-electron chi connectivity index (χ0n) is 10.6. The van der Waals surface area contributed by atoms with E-state index in [1.165, 1.54) is 24.6 Å². The van der Waals surface area contributed by atoms with Gasteiger partial charge in [0.25, 0.3) is 0 Å². The van der Waals surface area contributed by atoms with Gasteiger partial charge in [0.1, 0.15) is 0 Å². The molecule has 6 heteroatoms. The van der Waals surface area contributed by atoms with Gasteiger partial charge in [0.15, 0.2) is 0 Å². The second kappa shape index (κ2) is 7.48. The minimum Gasteiger partial charge on any atom is -0.383 e. The molecule has 0 saturated heterocycles. The van der Waals surface area contributed by atoms with Gasteiger partial charge in [-0.1, -0.05) is 18.2 Å². The summed E-state index contributed by atoms with van der Waals surface area (Å²) in [7, 11) is -0.453. The number of hydrogen-bond acceptors (Lipinski definition) is 4. The molecule has 0 aromatic heterocycles. The average molecular weight is 272 g/mol. The summed E-state index contributed by atoms with van der Waals surface area (Å²) in [6, 6.07) is 9.25. The van der Waals surface area contributed by atoms with E-state index in [0.29, 0.717) is 26.3 Å². The lowest BCUT2D eigenvalue weighted by Gasteiger charge is -2.21. The summed E-state index contributed by atoms with van der Waals surface area (Å²) in [5.41, 5.74) is 0. The topological polar surface area (TPSA) is 55.8 Å². The Morgan fingerprint density at radius 2 is 1.78 bits per heavy atom. The van der Waals surface area contributed by atoms with Crippen molar-refractivity contribution in [2.45, 2.75) is 4.90 Å². The Labute approximate surface area is 108 Å². The molecule has 101 valence electrons. The number of methoxy groups -OCH3 is 2. The number of nitrogens with zero attached hydrogens (tertiary/aromatic N) is 1. The molecule has 1 radical (unpaired) electrons. The molecule has 0 aliphatic heterocycles. The fourth-order valence-corrected chi connectivity index (χ4v) is 2.79. The number of rotatable bonds is 8. The van der Waals surface area contributed by atoms with E-state index < -0.39 is 10.0 Å². The second-order valence-electron chi connectivity index (χ2n) is 3.62. The molecule has 0 N–H and O–H groups in total. The van der Waals surface area contributed by atoms with Gasteiger partial charge >= 0.3 is 0 Å². The number of ether oxygens (including phenoxy) is 2. The Bertz CT molecular complexity index is 425. The molecule has 0 aliphatic carbocycles. The average Bonchev–Trinajstić information content (AvgIpc) is 2.39. The van der Waals surface area contributed by atoms with E-state index in [4.69, 9.17) is 9.47 Å². The molecule has 1 aromatic carbocycles. The monoisotopic (exact) mass is 272 g/mol. The Balaban J connectivity index is 2.88. The Hall–Kier alpha value is -0.950. The van der Waals surface area contributed by atoms with Gasteiger partial charge in [-0.3, -0.25) is 0 Å². The van der Waals surface area contributed by atoms with Crippen molar-refractivity contribution >= 4 is 10.0 Å². The van der Waals surface area contributed by atoms with Crippen LogP contribution in [-0.2, 0) is 19.5 Å². The summed E-state index contributed by atoms with van der Waals surface area (Å²) in [5.74, 6) is 0. The summed E-state index contributed by atoms with van der Waals surface area (Å²) in [4.78, 5) is 0.164. The molecule has 0 atom stereocenters. The van der Waals surface area contributed by atoms with Gasteiger partial charge in [0.05, 0.1) is 18.1 Å². The highest BCUT2D eigenvalue weighted by Gasteiger charge is 2.23. The third-order valence-corrected chi connectivity index (χ3v) is 4.24. The van der Waals surface area contributed by atoms with Crippen LogP contribution in [0.5, 0.6) is 0 Å². The van der Waals surface area contributed by atoms with Gasteiger partial charge in [-0.2, -0.15) is 4.31 Å². The SMILES string of the molecule is COCCN(CCOC)S(=O)(=O)c1[c]cccc1. The molecule has 0 aliphatic rings. The summed E-state index contributed by atoms with van der Waals surface area (Å²) in [6.07, 6.45) is 0. The molecule has 0 fully saturated rings. The standard InChI is InChI=1S/C12H18NO4S/c1-16-10-8-13(9-11-17-2)18(14,15)12-6-4-3-5-7-12/h3-6H,8-11H2,1-2H3. The lowest BCUT2D eigenvalue weighted by Crippen LogP contribution is -2.36. The van der Waals surface area contributed by atoms with E-state index in [1.807, 2.05) is 0 Å². The van der Waals surface area contributed by atoms with Crippen molar-refractivity contribution in [1.29, 1.82) is 0 Å². The predicted octanol–water partition coefficient (Wildman–Crippen LogP) is 0.770. The number of sulfonamides is 1. The van der Waals surface area contributed by atoms with Crippen LogP contribution in [0.4, 0.5) is 0 Å². The predicted molar refractivity (Wildman–Crippen MR) is 67.8 cm³/mol. The summed E-state index contributed by atoms with van der Waals surface area (Å²) in [6.45, 7) is 1.28. The third-order valence-electron chi connectivity index (χ3n) is 2.39. The second-order valence-corrected chi connectivity index (χ2v) is 5.52. The first-order valence-electron chi connectivity index (χ1n) is 5.57. The van der Waals surface area contributed by atoms with Crippen LogP contribution in [0.15, 0.2) is 29.2 Å². The minimum atomic E-state index is -3.53. The highest BCUT2D eigenvalue weighted by Crippen LogP contribution is 2.14. The third kappa shape index (κ3) is 4.06. The van der Waals surface area contributed by atoms with Crippen molar-refractivity contribution < 1.29 is 17.9 Å². The fourth-order valence-electron chi connectivity index (χ4n) is 1.41. The van der Waals surface area contributed by atoms with Crippen LogP contribution in [0.3, 0.4) is 0 Å². The maximum atomic E-state index is 12.3. The van der Waals surface area contributed by atoms with Crippen molar-refractivity contribution in [2.24, 2.45) is 0 Å². The van der Waals surface area contributed by atoms with Crippen molar-refractivity contribution in [1.82, 2.24) is 4.31 Å². The molecular formula is C12H18NO4S. The van der Waals surface area contributed by atoms with Crippen LogP contribution in [0.1, 0.15) is 0 Å². The smallest absolute Gasteiger partial charge is 0.243 e. The molecule has 0 heterocycles. The van der Waals surface area contributed by atoms with Crippen LogP contribution in [0.25, 0.3) is 0 Å². The van der Waals surface area contributed by atoms with E-state index in [-0.39, 0.29) is 4.90 Å². The normalized spacial score (nSPS) is 11.9. The number of hydrogen-bond donors (Lipinski definition) is 0. The van der Waals surface area contributed by atoms with Crippen LogP contribution in [0, 0.1) is 6.07 Å². The molecular weight excluding hydrogens is 254 g/mol. The Morgan fingerprint density at radius 1 is 1.17 bits per heavy atom. The van der Waals surface area contributed by atoms with Crippen molar-refractivity contribution in [3.8, 4) is 0 Å². The van der Waals surface area contributed by atoms with Crippen molar-refractivity contribution in [2.75, 3.05) is 40.5 Å². The molecule has 18 heavy (non-hydrogen) atoms. The molecule has 1 rings (SSSR count). The van der Waals surface area contributed by atoms with E-state index in [0.717, 1.165) is 0 Å². The Morgan fingerprint density at radius 3 is 2.22 bits per heavy atom. The van der Waals surface area contributed by atoms with E-state index >= 15 is 0 Å². The van der Waals surface area contributed by atoms with Gasteiger partial charge < -0.3 is 9.47 Å². The van der Waals surface area contributed by atoms with Crippen LogP contribution < -0.4 is 0 Å². The largest absolute Gasteiger partial charge is 0.383 e. The van der Waals surface area contributed by atoms with Gasteiger partial charge in [-0.05, 0) is 6.07 Å². The summed E-state index contributed by atoms with van der Waals surface area (Å²) in [5, 5.41) is 0. The molecule has 0 unspecified atom stereocenters. The number of benzene rings is 1. The van der Waals surface area contributed by atoms with E-state index in [1.54, 1.807) is 18.2 Å². The molecule has 1 aromatic rings. The zero-order valence-corrected chi connectivity index (χ0v) is 11.4. The highest BCUT2D eigenvalue weighted by molar-refractivity contribution is 7.89. The van der Waals surface area contributed by atoms with Gasteiger partial charge in [-0.15, -0.1) is 0 Å². The molecule has 0 spiro atoms. The van der Waals surface area contributed by atoms with Crippen molar-refractivity contribution in [3.63, 3.8) is 0 Å². The highest BCUT2D eigenvalue weighted by atomic mass is 32.2. The van der Waals surface area contributed by atoms with Gasteiger partial charge in [-0.25, -0.2) is 8.42 Å². The van der Waals surface area contributed by atoms with Crippen LogP contribution in [0.2, 0.25) is 0 Å². The lowest BCUT2D eigenvalue weighted by atomic mass is 10.4. The van der Waals surface area contributed by atoms with Crippen LogP contribution >= 0.6 is 0 Å². The molecule has 5 nitrogen and oxygen atoms in total. The summed E-state index contributed by atoms with van der Waals surface area (Å²) >= 11 is 0. The first-order valence-corrected chi connectivity index (χ1v) is 7.01. The maximum Gasteiger partial charge on any atom is 0.243 e. The Kier molecular flexibility index (Phi) is 6.28. The molecule has 0 amide bonds. The summed E-state index contributed by atoms with van der Waals surface area (Å²) < 4.78 is 35.8. The van der Waals surface area contributed by atoms with Crippen LogP contribution in [-0.4, -0.2) is 53.2 Å². The quantitative estimate of drug-likeness (QED) is 0.701. The van der Waals surface area contributed by atoms with E-state index in [9.17, 15) is 8.42 Å².